The van der Waals surface area contributed by atoms with Gasteiger partial charge in [0.15, 0.2) is 0 Å². The predicted molar refractivity (Wildman–Crippen MR) is 59.7 cm³/mol. The first kappa shape index (κ1) is 12.2. The van der Waals surface area contributed by atoms with Gasteiger partial charge in [0.1, 0.15) is 6.04 Å². The molecule has 15 heavy (non-hydrogen) atoms. The number of morpholine rings is 1. The summed E-state index contributed by atoms with van der Waals surface area (Å²) in [5.74, 6) is 0.101. The Morgan fingerprint density at radius 1 is 1.73 bits per heavy atom. The first-order chi connectivity index (χ1) is 7.16. The molecule has 0 aliphatic carbocycles. The van der Waals surface area contributed by atoms with Crippen LogP contribution in [0.25, 0.3) is 0 Å². The summed E-state index contributed by atoms with van der Waals surface area (Å²) in [5, 5.41) is 3.16. The second-order valence-corrected chi connectivity index (χ2v) is 3.95. The molecule has 1 aliphatic rings. The van der Waals surface area contributed by atoms with Crippen molar-refractivity contribution in [1.82, 2.24) is 10.2 Å². The van der Waals surface area contributed by atoms with Gasteiger partial charge in [-0.25, -0.2) is 0 Å². The van der Waals surface area contributed by atoms with Gasteiger partial charge in [-0.05, 0) is 13.8 Å². The first-order valence-corrected chi connectivity index (χ1v) is 5.39. The van der Waals surface area contributed by atoms with Crippen LogP contribution in [0.2, 0.25) is 0 Å². The molecule has 86 valence electrons. The van der Waals surface area contributed by atoms with Gasteiger partial charge in [-0.15, -0.1) is 6.58 Å². The molecule has 0 bridgehead atoms. The monoisotopic (exact) mass is 212 g/mol. The van der Waals surface area contributed by atoms with Crippen molar-refractivity contribution in [3.05, 3.63) is 12.7 Å². The highest BCUT2D eigenvalue weighted by molar-refractivity contribution is 5.82. The van der Waals surface area contributed by atoms with E-state index in [1.54, 1.807) is 11.0 Å². The Bertz CT molecular complexity index is 223. The molecule has 1 unspecified atom stereocenters. The minimum atomic E-state index is -0.193. The zero-order valence-corrected chi connectivity index (χ0v) is 9.53. The summed E-state index contributed by atoms with van der Waals surface area (Å²) < 4.78 is 5.28. The van der Waals surface area contributed by atoms with Crippen molar-refractivity contribution in [1.29, 1.82) is 0 Å². The van der Waals surface area contributed by atoms with Crippen molar-refractivity contribution < 1.29 is 9.53 Å². The summed E-state index contributed by atoms with van der Waals surface area (Å²) in [6, 6.07) is 0.000302. The number of hydrogen-bond donors (Lipinski definition) is 1. The number of hydrogen-bond acceptors (Lipinski definition) is 3. The van der Waals surface area contributed by atoms with Crippen LogP contribution in [-0.4, -0.2) is 49.2 Å². The van der Waals surface area contributed by atoms with E-state index in [4.69, 9.17) is 4.74 Å². The number of carbonyl (C=O) groups excluding carboxylic acids is 1. The summed E-state index contributed by atoms with van der Waals surface area (Å²) >= 11 is 0. The lowest BCUT2D eigenvalue weighted by Gasteiger charge is -2.31. The topological polar surface area (TPSA) is 41.6 Å². The SMILES string of the molecule is C=CCN(C(=O)C1COCCN1)C(C)C. The van der Waals surface area contributed by atoms with Crippen LogP contribution in [-0.2, 0) is 9.53 Å². The Balaban J connectivity index is 2.57. The third-order valence-electron chi connectivity index (χ3n) is 2.45. The van der Waals surface area contributed by atoms with Crippen molar-refractivity contribution in [2.75, 3.05) is 26.3 Å². The van der Waals surface area contributed by atoms with Gasteiger partial charge in [-0.3, -0.25) is 4.79 Å². The third kappa shape index (κ3) is 3.32. The van der Waals surface area contributed by atoms with Gasteiger partial charge in [-0.1, -0.05) is 6.08 Å². The van der Waals surface area contributed by atoms with Crippen molar-refractivity contribution in [2.24, 2.45) is 0 Å². The van der Waals surface area contributed by atoms with Gasteiger partial charge in [0.05, 0.1) is 13.2 Å². The van der Waals surface area contributed by atoms with E-state index in [1.165, 1.54) is 0 Å². The molecule has 4 heteroatoms. The van der Waals surface area contributed by atoms with Gasteiger partial charge in [0.25, 0.3) is 0 Å². The van der Waals surface area contributed by atoms with E-state index in [9.17, 15) is 4.79 Å². The molecule has 1 saturated heterocycles. The molecule has 1 aliphatic heterocycles. The van der Waals surface area contributed by atoms with E-state index in [2.05, 4.69) is 11.9 Å². The largest absolute Gasteiger partial charge is 0.378 e. The minimum absolute atomic E-state index is 0.101. The number of ether oxygens (including phenoxy) is 1. The molecule has 1 fully saturated rings. The fourth-order valence-corrected chi connectivity index (χ4v) is 1.62. The molecular weight excluding hydrogens is 192 g/mol. The molecule has 1 amide bonds. The van der Waals surface area contributed by atoms with E-state index in [-0.39, 0.29) is 18.0 Å². The van der Waals surface area contributed by atoms with Crippen LogP contribution < -0.4 is 5.32 Å². The molecule has 1 rings (SSSR count). The molecule has 1 atom stereocenters. The summed E-state index contributed by atoms with van der Waals surface area (Å²) in [5.41, 5.74) is 0. The Labute approximate surface area is 91.3 Å². The average Bonchev–Trinajstić information content (AvgIpc) is 2.26. The summed E-state index contributed by atoms with van der Waals surface area (Å²) in [6.07, 6.45) is 1.75. The number of nitrogens with one attached hydrogen (secondary N) is 1. The quantitative estimate of drug-likeness (QED) is 0.686. The fourth-order valence-electron chi connectivity index (χ4n) is 1.62. The highest BCUT2D eigenvalue weighted by Gasteiger charge is 2.26. The van der Waals surface area contributed by atoms with Crippen molar-refractivity contribution in [3.8, 4) is 0 Å². The van der Waals surface area contributed by atoms with Gasteiger partial charge >= 0.3 is 0 Å². The lowest BCUT2D eigenvalue weighted by atomic mass is 10.2. The normalized spacial score (nSPS) is 21.4. The second-order valence-electron chi connectivity index (χ2n) is 3.95. The lowest BCUT2D eigenvalue weighted by Crippen LogP contribution is -2.54. The van der Waals surface area contributed by atoms with Gasteiger partial charge in [-0.2, -0.15) is 0 Å². The Hall–Kier alpha value is -0.870. The Morgan fingerprint density at radius 3 is 2.93 bits per heavy atom. The summed E-state index contributed by atoms with van der Waals surface area (Å²) in [6.45, 7) is 10.2. The maximum atomic E-state index is 12.1. The van der Waals surface area contributed by atoms with Crippen molar-refractivity contribution in [2.45, 2.75) is 25.9 Å². The van der Waals surface area contributed by atoms with Gasteiger partial charge in [0.2, 0.25) is 5.91 Å². The molecule has 0 saturated carbocycles. The van der Waals surface area contributed by atoms with E-state index in [0.717, 1.165) is 6.54 Å². The van der Waals surface area contributed by atoms with Crippen molar-refractivity contribution in [3.63, 3.8) is 0 Å². The second kappa shape index (κ2) is 5.88. The van der Waals surface area contributed by atoms with Crippen LogP contribution in [0.4, 0.5) is 0 Å². The molecular formula is C11H20N2O2. The molecule has 0 spiro atoms. The summed E-state index contributed by atoms with van der Waals surface area (Å²) in [7, 11) is 0. The molecule has 1 heterocycles. The summed E-state index contributed by atoms with van der Waals surface area (Å²) in [4.78, 5) is 13.9. The Kier molecular flexibility index (Phi) is 4.78. The number of carbonyl (C=O) groups is 1. The van der Waals surface area contributed by atoms with Crippen LogP contribution in [0.15, 0.2) is 12.7 Å². The Morgan fingerprint density at radius 2 is 2.47 bits per heavy atom. The average molecular weight is 212 g/mol. The smallest absolute Gasteiger partial charge is 0.242 e. The molecule has 0 aromatic heterocycles. The van der Waals surface area contributed by atoms with Crippen LogP contribution in [0.5, 0.6) is 0 Å². The third-order valence-corrected chi connectivity index (χ3v) is 2.45. The molecule has 1 N–H and O–H groups in total. The van der Waals surface area contributed by atoms with E-state index in [1.807, 2.05) is 13.8 Å². The van der Waals surface area contributed by atoms with Crippen LogP contribution >= 0.6 is 0 Å². The number of amides is 1. The molecule has 0 aromatic carbocycles. The van der Waals surface area contributed by atoms with E-state index < -0.39 is 0 Å². The van der Waals surface area contributed by atoms with E-state index >= 15 is 0 Å². The molecule has 0 aromatic rings. The number of rotatable bonds is 4. The van der Waals surface area contributed by atoms with Gasteiger partial charge in [0, 0.05) is 19.1 Å². The molecule has 4 nitrogen and oxygen atoms in total. The lowest BCUT2D eigenvalue weighted by molar-refractivity contribution is -0.137. The highest BCUT2D eigenvalue weighted by Crippen LogP contribution is 2.04. The zero-order chi connectivity index (χ0) is 11.3. The molecule has 0 radical (unpaired) electrons. The van der Waals surface area contributed by atoms with Crippen LogP contribution in [0.1, 0.15) is 13.8 Å². The van der Waals surface area contributed by atoms with Gasteiger partial charge < -0.3 is 15.0 Å². The fraction of sp³-hybridized carbons (Fsp3) is 0.727. The minimum Gasteiger partial charge on any atom is -0.378 e. The first-order valence-electron chi connectivity index (χ1n) is 5.39. The maximum Gasteiger partial charge on any atom is 0.242 e. The van der Waals surface area contributed by atoms with E-state index in [0.29, 0.717) is 19.8 Å². The zero-order valence-electron chi connectivity index (χ0n) is 9.53. The maximum absolute atomic E-state index is 12.1. The van der Waals surface area contributed by atoms with Crippen molar-refractivity contribution >= 4 is 5.91 Å². The number of nitrogens with zero attached hydrogens (tertiary/aromatic N) is 1. The highest BCUT2D eigenvalue weighted by atomic mass is 16.5. The predicted octanol–water partition coefficient (Wildman–Crippen LogP) is 0.398. The van der Waals surface area contributed by atoms with Crippen LogP contribution in [0, 0.1) is 0 Å². The standard InChI is InChI=1S/C11H20N2O2/c1-4-6-13(9(2)3)11(14)10-8-15-7-5-12-10/h4,9-10,12H,1,5-8H2,2-3H3. The van der Waals surface area contributed by atoms with Crippen LogP contribution in [0.3, 0.4) is 0 Å².